The summed E-state index contributed by atoms with van der Waals surface area (Å²) < 4.78 is 0. The Morgan fingerprint density at radius 3 is 2.90 bits per heavy atom. The number of likely N-dealkylation sites (N-methyl/N-ethyl adjacent to an activating group) is 1. The van der Waals surface area contributed by atoms with E-state index in [1.807, 2.05) is 23.4 Å². The first-order valence-corrected chi connectivity index (χ1v) is 8.58. The van der Waals surface area contributed by atoms with E-state index in [9.17, 15) is 9.59 Å². The molecule has 1 fully saturated rings. The zero-order chi connectivity index (χ0) is 15.2. The lowest BCUT2D eigenvalue weighted by Gasteiger charge is -2.39. The summed E-state index contributed by atoms with van der Waals surface area (Å²) in [6.45, 7) is 3.42. The molecule has 1 atom stereocenters. The second-order valence-electron chi connectivity index (χ2n) is 5.58. The van der Waals surface area contributed by atoms with E-state index in [2.05, 4.69) is 13.0 Å². The molecule has 0 spiro atoms. The average Bonchev–Trinajstić information content (AvgIpc) is 2.99. The zero-order valence-corrected chi connectivity index (χ0v) is 13.7. The van der Waals surface area contributed by atoms with Crippen LogP contribution in [0.1, 0.15) is 37.5 Å². The van der Waals surface area contributed by atoms with Crippen molar-refractivity contribution in [1.82, 2.24) is 9.80 Å². The lowest BCUT2D eigenvalue weighted by molar-refractivity contribution is -0.150. The number of piperazine rings is 1. The normalized spacial score (nSPS) is 19.1. The van der Waals surface area contributed by atoms with E-state index >= 15 is 0 Å². The van der Waals surface area contributed by atoms with Gasteiger partial charge in [0.05, 0.1) is 0 Å². The number of amides is 2. The summed E-state index contributed by atoms with van der Waals surface area (Å²) in [5.41, 5.74) is 0. The van der Waals surface area contributed by atoms with Crippen LogP contribution in [0.4, 0.5) is 0 Å². The largest absolute Gasteiger partial charge is 0.342 e. The molecule has 1 aromatic heterocycles. The van der Waals surface area contributed by atoms with Gasteiger partial charge in [0.15, 0.2) is 0 Å². The standard InChI is InChI=1S/C16H24N2O2S/c1-3-4-7-14-16(20)17(2)10-11-18(14)15(19)9-8-13-6-5-12-21-13/h5-6,12,14H,3-4,7-11H2,1-2H3. The van der Waals surface area contributed by atoms with E-state index in [1.165, 1.54) is 4.88 Å². The van der Waals surface area contributed by atoms with Crippen molar-refractivity contribution in [3.8, 4) is 0 Å². The predicted molar refractivity (Wildman–Crippen MR) is 85.3 cm³/mol. The Kier molecular flexibility index (Phi) is 5.79. The van der Waals surface area contributed by atoms with Crippen molar-refractivity contribution in [2.24, 2.45) is 0 Å². The lowest BCUT2D eigenvalue weighted by atomic mass is 10.0. The smallest absolute Gasteiger partial charge is 0.245 e. The van der Waals surface area contributed by atoms with Crippen LogP contribution in [0, 0.1) is 0 Å². The molecule has 1 aliphatic rings. The number of hydrogen-bond donors (Lipinski definition) is 0. The molecular formula is C16H24N2O2S. The molecule has 2 amide bonds. The van der Waals surface area contributed by atoms with Gasteiger partial charge >= 0.3 is 0 Å². The van der Waals surface area contributed by atoms with E-state index in [-0.39, 0.29) is 17.9 Å². The lowest BCUT2D eigenvalue weighted by Crippen LogP contribution is -2.57. The summed E-state index contributed by atoms with van der Waals surface area (Å²) in [5, 5.41) is 2.03. The molecule has 5 heteroatoms. The number of rotatable bonds is 6. The third-order valence-electron chi connectivity index (χ3n) is 4.03. The van der Waals surface area contributed by atoms with Crippen molar-refractivity contribution < 1.29 is 9.59 Å². The number of carbonyl (C=O) groups excluding carboxylic acids is 2. The summed E-state index contributed by atoms with van der Waals surface area (Å²) in [6, 6.07) is 3.81. The average molecular weight is 308 g/mol. The Morgan fingerprint density at radius 1 is 1.43 bits per heavy atom. The molecule has 1 saturated heterocycles. The van der Waals surface area contributed by atoms with Gasteiger partial charge in [-0.2, -0.15) is 0 Å². The molecule has 2 rings (SSSR count). The Balaban J connectivity index is 1.97. The highest BCUT2D eigenvalue weighted by atomic mass is 32.1. The second-order valence-corrected chi connectivity index (χ2v) is 6.62. The van der Waals surface area contributed by atoms with Crippen LogP contribution in [0.15, 0.2) is 17.5 Å². The van der Waals surface area contributed by atoms with Crippen LogP contribution < -0.4 is 0 Å². The van der Waals surface area contributed by atoms with E-state index in [0.29, 0.717) is 19.5 Å². The summed E-state index contributed by atoms with van der Waals surface area (Å²) in [5.74, 6) is 0.213. The topological polar surface area (TPSA) is 40.6 Å². The molecule has 0 N–H and O–H groups in total. The van der Waals surface area contributed by atoms with Crippen LogP contribution >= 0.6 is 11.3 Å². The van der Waals surface area contributed by atoms with Crippen LogP contribution in [0.5, 0.6) is 0 Å². The highest BCUT2D eigenvalue weighted by Gasteiger charge is 2.34. The summed E-state index contributed by atoms with van der Waals surface area (Å²) in [6.07, 6.45) is 4.09. The zero-order valence-electron chi connectivity index (χ0n) is 12.9. The first-order valence-electron chi connectivity index (χ1n) is 7.70. The molecule has 0 saturated carbocycles. The minimum absolute atomic E-state index is 0.0965. The Morgan fingerprint density at radius 2 is 2.24 bits per heavy atom. The first kappa shape index (κ1) is 16.0. The molecule has 116 valence electrons. The maximum Gasteiger partial charge on any atom is 0.245 e. The van der Waals surface area contributed by atoms with Gasteiger partial charge in [-0.3, -0.25) is 9.59 Å². The van der Waals surface area contributed by atoms with Gasteiger partial charge < -0.3 is 9.80 Å². The molecular weight excluding hydrogens is 284 g/mol. The molecule has 0 radical (unpaired) electrons. The Labute approximate surface area is 130 Å². The fourth-order valence-electron chi connectivity index (χ4n) is 2.72. The number of unbranched alkanes of at least 4 members (excludes halogenated alkanes) is 1. The van der Waals surface area contributed by atoms with E-state index in [4.69, 9.17) is 0 Å². The van der Waals surface area contributed by atoms with Crippen molar-refractivity contribution in [2.75, 3.05) is 20.1 Å². The van der Waals surface area contributed by atoms with Crippen molar-refractivity contribution in [3.05, 3.63) is 22.4 Å². The molecule has 1 aromatic rings. The van der Waals surface area contributed by atoms with Crippen molar-refractivity contribution in [3.63, 3.8) is 0 Å². The summed E-state index contributed by atoms with van der Waals surface area (Å²) in [4.78, 5) is 29.6. The van der Waals surface area contributed by atoms with Gasteiger partial charge in [0.1, 0.15) is 6.04 Å². The fraction of sp³-hybridized carbons (Fsp3) is 0.625. The van der Waals surface area contributed by atoms with Gasteiger partial charge in [0.25, 0.3) is 0 Å². The first-order chi connectivity index (χ1) is 10.1. The predicted octanol–water partition coefficient (Wildman–Crippen LogP) is 2.54. The highest BCUT2D eigenvalue weighted by molar-refractivity contribution is 7.09. The minimum Gasteiger partial charge on any atom is -0.342 e. The third-order valence-corrected chi connectivity index (χ3v) is 4.97. The fourth-order valence-corrected chi connectivity index (χ4v) is 3.42. The third kappa shape index (κ3) is 4.06. The summed E-state index contributed by atoms with van der Waals surface area (Å²) in [7, 11) is 1.83. The van der Waals surface area contributed by atoms with Crippen LogP contribution in [0.3, 0.4) is 0 Å². The van der Waals surface area contributed by atoms with Crippen LogP contribution in [-0.2, 0) is 16.0 Å². The quantitative estimate of drug-likeness (QED) is 0.810. The number of carbonyl (C=O) groups is 2. The molecule has 4 nitrogen and oxygen atoms in total. The molecule has 0 aromatic carbocycles. The van der Waals surface area contributed by atoms with Crippen LogP contribution in [0.25, 0.3) is 0 Å². The van der Waals surface area contributed by atoms with Gasteiger partial charge in [0, 0.05) is 31.4 Å². The number of hydrogen-bond acceptors (Lipinski definition) is 3. The summed E-state index contributed by atoms with van der Waals surface area (Å²) >= 11 is 1.68. The molecule has 2 heterocycles. The molecule has 0 bridgehead atoms. The molecule has 0 aliphatic carbocycles. The van der Waals surface area contributed by atoms with Gasteiger partial charge in [0.2, 0.25) is 11.8 Å². The van der Waals surface area contributed by atoms with E-state index in [1.54, 1.807) is 16.2 Å². The van der Waals surface area contributed by atoms with Gasteiger partial charge in [-0.1, -0.05) is 25.8 Å². The van der Waals surface area contributed by atoms with Gasteiger partial charge in [-0.15, -0.1) is 11.3 Å². The maximum atomic E-state index is 12.5. The van der Waals surface area contributed by atoms with Crippen molar-refractivity contribution in [2.45, 2.75) is 45.1 Å². The van der Waals surface area contributed by atoms with Gasteiger partial charge in [-0.25, -0.2) is 0 Å². The molecule has 1 unspecified atom stereocenters. The van der Waals surface area contributed by atoms with E-state index in [0.717, 1.165) is 25.7 Å². The van der Waals surface area contributed by atoms with Crippen LogP contribution in [-0.4, -0.2) is 47.8 Å². The van der Waals surface area contributed by atoms with Crippen LogP contribution in [0.2, 0.25) is 0 Å². The number of nitrogens with zero attached hydrogens (tertiary/aromatic N) is 2. The SMILES string of the molecule is CCCCC1C(=O)N(C)CCN1C(=O)CCc1cccs1. The highest BCUT2D eigenvalue weighted by Crippen LogP contribution is 2.19. The molecule has 21 heavy (non-hydrogen) atoms. The second kappa shape index (κ2) is 7.59. The minimum atomic E-state index is -0.250. The monoisotopic (exact) mass is 308 g/mol. The Hall–Kier alpha value is -1.36. The number of thiophene rings is 1. The van der Waals surface area contributed by atoms with Gasteiger partial charge in [-0.05, 0) is 24.3 Å². The van der Waals surface area contributed by atoms with E-state index < -0.39 is 0 Å². The molecule has 1 aliphatic heterocycles. The van der Waals surface area contributed by atoms with Crippen molar-refractivity contribution >= 4 is 23.2 Å². The van der Waals surface area contributed by atoms with Crippen molar-refractivity contribution in [1.29, 1.82) is 0 Å². The maximum absolute atomic E-state index is 12.5. The Bertz CT molecular complexity index is 473. The number of aryl methyl sites for hydroxylation is 1.